The molecule has 4 heteroatoms. The van der Waals surface area contributed by atoms with Crippen molar-refractivity contribution in [3.8, 4) is 0 Å². The molecule has 0 N–H and O–H groups in total. The fourth-order valence-corrected chi connectivity index (χ4v) is 2.39. The van der Waals surface area contributed by atoms with Crippen LogP contribution in [0.5, 0.6) is 0 Å². The Bertz CT molecular complexity index is 121. The maximum absolute atomic E-state index is 10.9. The van der Waals surface area contributed by atoms with E-state index in [1.54, 1.807) is 0 Å². The topological polar surface area (TPSA) is 20.3 Å². The lowest BCUT2D eigenvalue weighted by Crippen LogP contribution is -2.38. The number of hydrogen-bond acceptors (Lipinski definition) is 2. The summed E-state index contributed by atoms with van der Waals surface area (Å²) < 4.78 is 10.9. The normalized spacial score (nSPS) is 23.3. The van der Waals surface area contributed by atoms with Gasteiger partial charge in [0.05, 0.1) is 0 Å². The molecule has 1 rings (SSSR count). The van der Waals surface area contributed by atoms with E-state index in [4.69, 9.17) is 11.6 Å². The molecule has 2 nitrogen and oxygen atoms in total. The molecular weight excluding hydrogens is 170 g/mol. The lowest BCUT2D eigenvalue weighted by Gasteiger charge is -2.24. The van der Waals surface area contributed by atoms with Gasteiger partial charge in [-0.3, -0.25) is 4.21 Å². The van der Waals surface area contributed by atoms with E-state index in [1.807, 2.05) is 0 Å². The molecule has 10 heavy (non-hydrogen) atoms. The van der Waals surface area contributed by atoms with E-state index in [-0.39, 0.29) is 0 Å². The lowest BCUT2D eigenvalue weighted by atomic mass is 10.5. The highest BCUT2D eigenvalue weighted by Gasteiger charge is 2.13. The minimum Gasteiger partial charge on any atom is -0.300 e. The fourth-order valence-electron chi connectivity index (χ4n) is 1.02. The van der Waals surface area contributed by atoms with Gasteiger partial charge in [0.15, 0.2) is 0 Å². The van der Waals surface area contributed by atoms with Crippen molar-refractivity contribution in [3.05, 3.63) is 0 Å². The molecule has 0 saturated carbocycles. The summed E-state index contributed by atoms with van der Waals surface area (Å²) in [5.41, 5.74) is 0. The Morgan fingerprint density at radius 1 is 1.40 bits per heavy atom. The van der Waals surface area contributed by atoms with Gasteiger partial charge in [0.25, 0.3) is 0 Å². The molecule has 0 aromatic carbocycles. The molecule has 0 aromatic heterocycles. The van der Waals surface area contributed by atoms with Gasteiger partial charge in [0, 0.05) is 47.8 Å². The minimum atomic E-state index is -0.549. The second-order valence-electron chi connectivity index (χ2n) is 2.38. The Labute approximate surface area is 69.0 Å². The molecule has 0 radical (unpaired) electrons. The summed E-state index contributed by atoms with van der Waals surface area (Å²) in [5.74, 6) is 2.35. The molecule has 0 aliphatic carbocycles. The summed E-state index contributed by atoms with van der Waals surface area (Å²) in [5, 5.41) is 0. The SMILES string of the molecule is O=S1CCN(CCCl)CC1. The monoisotopic (exact) mass is 181 g/mol. The van der Waals surface area contributed by atoms with Crippen LogP contribution in [0.2, 0.25) is 0 Å². The van der Waals surface area contributed by atoms with E-state index in [0.717, 1.165) is 31.1 Å². The summed E-state index contributed by atoms with van der Waals surface area (Å²) in [6.07, 6.45) is 0. The third kappa shape index (κ3) is 2.56. The highest BCUT2D eigenvalue weighted by molar-refractivity contribution is 7.85. The van der Waals surface area contributed by atoms with Crippen LogP contribution < -0.4 is 0 Å². The number of hydrogen-bond donors (Lipinski definition) is 0. The van der Waals surface area contributed by atoms with Gasteiger partial charge in [-0.05, 0) is 0 Å². The van der Waals surface area contributed by atoms with Crippen molar-refractivity contribution in [3.63, 3.8) is 0 Å². The van der Waals surface area contributed by atoms with Crippen LogP contribution in [0.3, 0.4) is 0 Å². The van der Waals surface area contributed by atoms with Crippen molar-refractivity contribution in [2.24, 2.45) is 0 Å². The first kappa shape index (κ1) is 8.50. The average molecular weight is 182 g/mol. The third-order valence-corrected chi connectivity index (χ3v) is 3.12. The summed E-state index contributed by atoms with van der Waals surface area (Å²) in [6.45, 7) is 2.86. The smallest absolute Gasteiger partial charge is 0.0363 e. The van der Waals surface area contributed by atoms with Crippen molar-refractivity contribution in [2.75, 3.05) is 37.0 Å². The molecule has 1 heterocycles. The van der Waals surface area contributed by atoms with Crippen LogP contribution in [0.15, 0.2) is 0 Å². The zero-order valence-electron chi connectivity index (χ0n) is 5.88. The fraction of sp³-hybridized carbons (Fsp3) is 1.00. The van der Waals surface area contributed by atoms with Gasteiger partial charge in [-0.15, -0.1) is 11.6 Å². The van der Waals surface area contributed by atoms with Gasteiger partial charge < -0.3 is 4.90 Å². The largest absolute Gasteiger partial charge is 0.300 e. The van der Waals surface area contributed by atoms with Crippen molar-refractivity contribution in [2.45, 2.75) is 0 Å². The third-order valence-electron chi connectivity index (χ3n) is 1.67. The van der Waals surface area contributed by atoms with Crippen molar-refractivity contribution < 1.29 is 4.21 Å². The molecule has 0 spiro atoms. The molecule has 1 aliphatic heterocycles. The van der Waals surface area contributed by atoms with Gasteiger partial charge in [0.1, 0.15) is 0 Å². The van der Waals surface area contributed by atoms with Crippen LogP contribution in [0.25, 0.3) is 0 Å². The Hall–Kier alpha value is 0.400. The molecule has 60 valence electrons. The average Bonchev–Trinajstić information content (AvgIpc) is 1.95. The minimum absolute atomic E-state index is 0.549. The molecule has 0 bridgehead atoms. The van der Waals surface area contributed by atoms with Crippen molar-refractivity contribution >= 4 is 22.4 Å². The maximum Gasteiger partial charge on any atom is 0.0363 e. The zero-order chi connectivity index (χ0) is 7.40. The van der Waals surface area contributed by atoms with E-state index < -0.39 is 10.8 Å². The first-order valence-electron chi connectivity index (χ1n) is 3.46. The predicted molar refractivity (Wildman–Crippen MR) is 45.0 cm³/mol. The van der Waals surface area contributed by atoms with E-state index in [9.17, 15) is 4.21 Å². The molecule has 0 atom stereocenters. The van der Waals surface area contributed by atoms with E-state index >= 15 is 0 Å². The highest BCUT2D eigenvalue weighted by atomic mass is 35.5. The highest BCUT2D eigenvalue weighted by Crippen LogP contribution is 1.99. The Balaban J connectivity index is 2.19. The summed E-state index contributed by atoms with van der Waals surface area (Å²) in [4.78, 5) is 2.26. The summed E-state index contributed by atoms with van der Waals surface area (Å²) in [7, 11) is -0.549. The van der Waals surface area contributed by atoms with Gasteiger partial charge in [0.2, 0.25) is 0 Å². The zero-order valence-corrected chi connectivity index (χ0v) is 7.46. The Kier molecular flexibility index (Phi) is 3.66. The predicted octanol–water partition coefficient (Wildman–Crippen LogP) is 0.290. The first-order chi connectivity index (χ1) is 4.83. The number of nitrogens with zero attached hydrogens (tertiary/aromatic N) is 1. The summed E-state index contributed by atoms with van der Waals surface area (Å²) in [6, 6.07) is 0. The molecular formula is C6H12ClNOS. The Morgan fingerprint density at radius 3 is 2.50 bits per heavy atom. The molecule has 1 saturated heterocycles. The van der Waals surface area contributed by atoms with Gasteiger partial charge in [-0.25, -0.2) is 0 Å². The lowest BCUT2D eigenvalue weighted by molar-refractivity contribution is 0.318. The van der Waals surface area contributed by atoms with E-state index in [0.29, 0.717) is 5.88 Å². The Morgan fingerprint density at radius 2 is 2.00 bits per heavy atom. The molecule has 0 aromatic rings. The first-order valence-corrected chi connectivity index (χ1v) is 5.48. The van der Waals surface area contributed by atoms with Crippen LogP contribution in [-0.4, -0.2) is 46.1 Å². The van der Waals surface area contributed by atoms with Gasteiger partial charge >= 0.3 is 0 Å². The standard InChI is InChI=1S/C6H12ClNOS/c7-1-2-8-3-5-10(9)6-4-8/h1-6H2. The van der Waals surface area contributed by atoms with Crippen LogP contribution in [0, 0.1) is 0 Å². The van der Waals surface area contributed by atoms with E-state index in [1.165, 1.54) is 0 Å². The van der Waals surface area contributed by atoms with Gasteiger partial charge in [-0.2, -0.15) is 0 Å². The van der Waals surface area contributed by atoms with E-state index in [2.05, 4.69) is 4.90 Å². The van der Waals surface area contributed by atoms with Crippen LogP contribution >= 0.6 is 11.6 Å². The van der Waals surface area contributed by atoms with Crippen LogP contribution in [0.1, 0.15) is 0 Å². The van der Waals surface area contributed by atoms with Crippen LogP contribution in [0.4, 0.5) is 0 Å². The maximum atomic E-state index is 10.9. The van der Waals surface area contributed by atoms with Crippen LogP contribution in [-0.2, 0) is 10.8 Å². The second-order valence-corrected chi connectivity index (χ2v) is 4.45. The van der Waals surface area contributed by atoms with Crippen molar-refractivity contribution in [1.82, 2.24) is 4.90 Å². The number of halogens is 1. The quantitative estimate of drug-likeness (QED) is 0.571. The molecule has 1 fully saturated rings. The molecule has 0 amide bonds. The molecule has 0 unspecified atom stereocenters. The van der Waals surface area contributed by atoms with Gasteiger partial charge in [-0.1, -0.05) is 0 Å². The number of alkyl halides is 1. The second kappa shape index (κ2) is 4.31. The van der Waals surface area contributed by atoms with Crippen molar-refractivity contribution in [1.29, 1.82) is 0 Å². The molecule has 1 aliphatic rings. The number of rotatable bonds is 2. The summed E-state index contributed by atoms with van der Waals surface area (Å²) >= 11 is 5.55.